The maximum Gasteiger partial charge on any atom is 0.237 e. The molecule has 1 aromatic rings. The SMILES string of the molecule is CC(C(=O)NCc1ccco1)N1CCN(CCO)CC1. The Kier molecular flexibility index (Phi) is 5.58. The second kappa shape index (κ2) is 7.42. The smallest absolute Gasteiger partial charge is 0.237 e. The van der Waals surface area contributed by atoms with Crippen molar-refractivity contribution in [3.8, 4) is 0 Å². The number of aliphatic hydroxyl groups excluding tert-OH is 1. The summed E-state index contributed by atoms with van der Waals surface area (Å²) in [6, 6.07) is 3.52. The van der Waals surface area contributed by atoms with Gasteiger partial charge in [-0.3, -0.25) is 14.6 Å². The highest BCUT2D eigenvalue weighted by Gasteiger charge is 2.25. The first-order chi connectivity index (χ1) is 9.70. The minimum Gasteiger partial charge on any atom is -0.467 e. The van der Waals surface area contributed by atoms with Gasteiger partial charge in [-0.15, -0.1) is 0 Å². The van der Waals surface area contributed by atoms with E-state index in [9.17, 15) is 4.79 Å². The maximum absolute atomic E-state index is 12.1. The molecule has 1 amide bonds. The molecule has 20 heavy (non-hydrogen) atoms. The number of carbonyl (C=O) groups excluding carboxylic acids is 1. The van der Waals surface area contributed by atoms with Gasteiger partial charge in [0.05, 0.1) is 25.5 Å². The number of piperazine rings is 1. The van der Waals surface area contributed by atoms with Crippen molar-refractivity contribution in [2.75, 3.05) is 39.3 Å². The van der Waals surface area contributed by atoms with Crippen molar-refractivity contribution in [2.24, 2.45) is 0 Å². The molecule has 1 aromatic heterocycles. The summed E-state index contributed by atoms with van der Waals surface area (Å²) in [5.41, 5.74) is 0. The molecule has 0 saturated carbocycles. The van der Waals surface area contributed by atoms with Crippen LogP contribution in [-0.2, 0) is 11.3 Å². The lowest BCUT2D eigenvalue weighted by Crippen LogP contribution is -2.54. The van der Waals surface area contributed by atoms with Crippen molar-refractivity contribution in [3.63, 3.8) is 0 Å². The average molecular weight is 281 g/mol. The van der Waals surface area contributed by atoms with Gasteiger partial charge in [-0.1, -0.05) is 0 Å². The number of furan rings is 1. The number of nitrogens with one attached hydrogen (secondary N) is 1. The molecule has 1 aliphatic rings. The van der Waals surface area contributed by atoms with Crippen LogP contribution < -0.4 is 5.32 Å². The third kappa shape index (κ3) is 4.06. The molecule has 1 aliphatic heterocycles. The molecule has 6 nitrogen and oxygen atoms in total. The van der Waals surface area contributed by atoms with E-state index in [0.29, 0.717) is 13.1 Å². The van der Waals surface area contributed by atoms with Crippen molar-refractivity contribution >= 4 is 5.91 Å². The standard InChI is InChI=1S/C14H23N3O3/c1-12(14(19)15-11-13-3-2-10-20-13)17-6-4-16(5-7-17)8-9-18/h2-3,10,12,18H,4-9,11H2,1H3,(H,15,19). The van der Waals surface area contributed by atoms with E-state index in [0.717, 1.165) is 31.9 Å². The molecule has 112 valence electrons. The second-order valence-corrected chi connectivity index (χ2v) is 5.07. The van der Waals surface area contributed by atoms with Crippen molar-refractivity contribution < 1.29 is 14.3 Å². The Morgan fingerprint density at radius 1 is 1.45 bits per heavy atom. The van der Waals surface area contributed by atoms with E-state index in [4.69, 9.17) is 9.52 Å². The van der Waals surface area contributed by atoms with Crippen LogP contribution in [0.4, 0.5) is 0 Å². The first-order valence-electron chi connectivity index (χ1n) is 7.08. The predicted molar refractivity (Wildman–Crippen MR) is 75.1 cm³/mol. The highest BCUT2D eigenvalue weighted by molar-refractivity contribution is 5.81. The van der Waals surface area contributed by atoms with Crippen molar-refractivity contribution in [3.05, 3.63) is 24.2 Å². The van der Waals surface area contributed by atoms with E-state index in [1.165, 1.54) is 0 Å². The third-order valence-corrected chi connectivity index (χ3v) is 3.77. The molecule has 0 spiro atoms. The molecular formula is C14H23N3O3. The minimum atomic E-state index is -0.138. The zero-order chi connectivity index (χ0) is 14.4. The summed E-state index contributed by atoms with van der Waals surface area (Å²) in [6.45, 7) is 6.78. The molecule has 1 atom stereocenters. The van der Waals surface area contributed by atoms with E-state index in [2.05, 4.69) is 15.1 Å². The zero-order valence-corrected chi connectivity index (χ0v) is 11.9. The fourth-order valence-corrected chi connectivity index (χ4v) is 2.42. The summed E-state index contributed by atoms with van der Waals surface area (Å²) in [5.74, 6) is 0.787. The highest BCUT2D eigenvalue weighted by atomic mass is 16.3. The first-order valence-corrected chi connectivity index (χ1v) is 7.08. The maximum atomic E-state index is 12.1. The Hall–Kier alpha value is -1.37. The normalized spacial score (nSPS) is 18.9. The van der Waals surface area contributed by atoms with Gasteiger partial charge in [0.15, 0.2) is 0 Å². The first kappa shape index (κ1) is 15.0. The molecule has 0 bridgehead atoms. The third-order valence-electron chi connectivity index (χ3n) is 3.77. The van der Waals surface area contributed by atoms with Crippen LogP contribution in [-0.4, -0.2) is 66.2 Å². The quantitative estimate of drug-likeness (QED) is 0.762. The van der Waals surface area contributed by atoms with Gasteiger partial charge >= 0.3 is 0 Å². The van der Waals surface area contributed by atoms with Gasteiger partial charge in [0.25, 0.3) is 0 Å². The molecule has 6 heteroatoms. The molecular weight excluding hydrogens is 258 g/mol. The fourth-order valence-electron chi connectivity index (χ4n) is 2.42. The number of amides is 1. The lowest BCUT2D eigenvalue weighted by atomic mass is 10.2. The molecule has 2 N–H and O–H groups in total. The van der Waals surface area contributed by atoms with Crippen LogP contribution in [0.5, 0.6) is 0 Å². The van der Waals surface area contributed by atoms with E-state index >= 15 is 0 Å². The number of hydrogen-bond donors (Lipinski definition) is 2. The number of hydrogen-bond acceptors (Lipinski definition) is 5. The van der Waals surface area contributed by atoms with Crippen molar-refractivity contribution in [2.45, 2.75) is 19.5 Å². The van der Waals surface area contributed by atoms with Crippen LogP contribution in [0.25, 0.3) is 0 Å². The number of aliphatic hydroxyl groups is 1. The zero-order valence-electron chi connectivity index (χ0n) is 11.9. The molecule has 1 saturated heterocycles. The summed E-state index contributed by atoms with van der Waals surface area (Å²) < 4.78 is 5.19. The molecule has 2 heterocycles. The van der Waals surface area contributed by atoms with Gasteiger partial charge in [-0.05, 0) is 19.1 Å². The average Bonchev–Trinajstić information content (AvgIpc) is 2.98. The van der Waals surface area contributed by atoms with Gasteiger partial charge in [-0.25, -0.2) is 0 Å². The lowest BCUT2D eigenvalue weighted by Gasteiger charge is -2.37. The molecule has 0 radical (unpaired) electrons. The van der Waals surface area contributed by atoms with Gasteiger partial charge in [0.2, 0.25) is 5.91 Å². The highest BCUT2D eigenvalue weighted by Crippen LogP contribution is 2.07. The Morgan fingerprint density at radius 3 is 2.80 bits per heavy atom. The lowest BCUT2D eigenvalue weighted by molar-refractivity contribution is -0.126. The second-order valence-electron chi connectivity index (χ2n) is 5.07. The Morgan fingerprint density at radius 2 is 2.20 bits per heavy atom. The van der Waals surface area contributed by atoms with Crippen molar-refractivity contribution in [1.29, 1.82) is 0 Å². The van der Waals surface area contributed by atoms with E-state index in [-0.39, 0.29) is 18.6 Å². The summed E-state index contributed by atoms with van der Waals surface area (Å²) in [4.78, 5) is 16.5. The molecule has 0 aromatic carbocycles. The summed E-state index contributed by atoms with van der Waals surface area (Å²) in [6.07, 6.45) is 1.60. The predicted octanol–water partition coefficient (Wildman–Crippen LogP) is -0.106. The van der Waals surface area contributed by atoms with Gasteiger partial charge in [-0.2, -0.15) is 0 Å². The molecule has 2 rings (SSSR count). The Balaban J connectivity index is 1.73. The Labute approximate surface area is 119 Å². The Bertz CT molecular complexity index is 400. The number of nitrogens with zero attached hydrogens (tertiary/aromatic N) is 2. The van der Waals surface area contributed by atoms with Crippen LogP contribution in [0.1, 0.15) is 12.7 Å². The van der Waals surface area contributed by atoms with Crippen LogP contribution in [0.3, 0.4) is 0 Å². The van der Waals surface area contributed by atoms with Gasteiger partial charge in [0, 0.05) is 32.7 Å². The van der Waals surface area contributed by atoms with Crippen LogP contribution in [0.2, 0.25) is 0 Å². The van der Waals surface area contributed by atoms with E-state index in [1.807, 2.05) is 19.1 Å². The molecule has 1 fully saturated rings. The van der Waals surface area contributed by atoms with Crippen LogP contribution >= 0.6 is 0 Å². The van der Waals surface area contributed by atoms with E-state index < -0.39 is 0 Å². The largest absolute Gasteiger partial charge is 0.467 e. The molecule has 0 aliphatic carbocycles. The summed E-state index contributed by atoms with van der Waals surface area (Å²) >= 11 is 0. The number of carbonyl (C=O) groups is 1. The van der Waals surface area contributed by atoms with Gasteiger partial charge < -0.3 is 14.8 Å². The van der Waals surface area contributed by atoms with Crippen LogP contribution in [0, 0.1) is 0 Å². The fraction of sp³-hybridized carbons (Fsp3) is 0.643. The minimum absolute atomic E-state index is 0.0250. The van der Waals surface area contributed by atoms with Gasteiger partial charge in [0.1, 0.15) is 5.76 Å². The van der Waals surface area contributed by atoms with Crippen LogP contribution in [0.15, 0.2) is 22.8 Å². The molecule has 1 unspecified atom stereocenters. The monoisotopic (exact) mass is 281 g/mol. The number of β-amino-alcohol motifs (C(OH)–C–C–N with tert-alkyl or cyclic N) is 1. The van der Waals surface area contributed by atoms with E-state index in [1.54, 1.807) is 6.26 Å². The van der Waals surface area contributed by atoms with Crippen molar-refractivity contribution in [1.82, 2.24) is 15.1 Å². The topological polar surface area (TPSA) is 69.0 Å². The summed E-state index contributed by atoms with van der Waals surface area (Å²) in [7, 11) is 0. The summed E-state index contributed by atoms with van der Waals surface area (Å²) in [5, 5.41) is 11.8. The number of rotatable bonds is 6.